The van der Waals surface area contributed by atoms with Crippen LogP contribution in [-0.4, -0.2) is 34.6 Å². The van der Waals surface area contributed by atoms with Gasteiger partial charge < -0.3 is 10.2 Å². The quantitative estimate of drug-likeness (QED) is 0.703. The van der Waals surface area contributed by atoms with E-state index in [0.717, 1.165) is 0 Å². The Morgan fingerprint density at radius 1 is 1.13 bits per heavy atom. The molecular formula is C15H12FN3O4. The van der Waals surface area contributed by atoms with Crippen molar-refractivity contribution in [2.24, 2.45) is 0 Å². The highest BCUT2D eigenvalue weighted by molar-refractivity contribution is 6.07. The summed E-state index contributed by atoms with van der Waals surface area (Å²) < 4.78 is 14.6. The minimum atomic E-state index is -0.827. The van der Waals surface area contributed by atoms with Gasteiger partial charge in [-0.15, -0.1) is 0 Å². The molecule has 0 bridgehead atoms. The summed E-state index contributed by atoms with van der Waals surface area (Å²) in [7, 11) is 0. The average Bonchev–Trinajstić information content (AvgIpc) is 3.01. The molecule has 0 spiro atoms. The fourth-order valence-electron chi connectivity index (χ4n) is 3.40. The third kappa shape index (κ3) is 1.87. The number of piperidine rings is 1. The zero-order chi connectivity index (χ0) is 16.3. The summed E-state index contributed by atoms with van der Waals surface area (Å²) in [5.41, 5.74) is 0.740. The summed E-state index contributed by atoms with van der Waals surface area (Å²) in [4.78, 5) is 48.7. The van der Waals surface area contributed by atoms with Gasteiger partial charge in [0, 0.05) is 19.5 Å². The molecule has 0 radical (unpaired) electrons. The molecule has 3 aliphatic rings. The number of hydrogen-bond acceptors (Lipinski definition) is 4. The number of benzene rings is 1. The molecular weight excluding hydrogens is 305 g/mol. The fraction of sp³-hybridized carbons (Fsp3) is 0.333. The summed E-state index contributed by atoms with van der Waals surface area (Å²) in [6.07, 6.45) is 0.351. The highest BCUT2D eigenvalue weighted by Gasteiger charge is 2.42. The lowest BCUT2D eigenvalue weighted by Gasteiger charge is -2.29. The monoisotopic (exact) mass is 317 g/mol. The highest BCUT2D eigenvalue weighted by Crippen LogP contribution is 2.33. The molecule has 118 valence electrons. The summed E-state index contributed by atoms with van der Waals surface area (Å²) >= 11 is 0. The van der Waals surface area contributed by atoms with Gasteiger partial charge in [0.1, 0.15) is 11.9 Å². The number of halogens is 1. The van der Waals surface area contributed by atoms with Crippen LogP contribution in [0.2, 0.25) is 0 Å². The fourth-order valence-corrected chi connectivity index (χ4v) is 3.40. The molecule has 1 fully saturated rings. The minimum Gasteiger partial charge on any atom is -0.348 e. The molecule has 0 saturated carbocycles. The normalized spacial score (nSPS) is 22.8. The van der Waals surface area contributed by atoms with Crippen LogP contribution in [0.15, 0.2) is 6.07 Å². The van der Waals surface area contributed by atoms with Gasteiger partial charge >= 0.3 is 0 Å². The molecule has 3 aliphatic heterocycles. The number of rotatable bonds is 1. The number of hydrogen-bond donors (Lipinski definition) is 2. The Bertz CT molecular complexity index is 804. The lowest BCUT2D eigenvalue weighted by molar-refractivity contribution is -0.136. The molecule has 7 nitrogen and oxygen atoms in total. The van der Waals surface area contributed by atoms with Crippen LogP contribution in [-0.2, 0) is 22.7 Å². The smallest absolute Gasteiger partial charge is 0.258 e. The van der Waals surface area contributed by atoms with Crippen molar-refractivity contribution in [3.05, 3.63) is 34.1 Å². The van der Waals surface area contributed by atoms with Crippen LogP contribution in [0.3, 0.4) is 0 Å². The molecule has 4 amide bonds. The van der Waals surface area contributed by atoms with E-state index in [4.69, 9.17) is 0 Å². The van der Waals surface area contributed by atoms with E-state index in [2.05, 4.69) is 10.6 Å². The first-order chi connectivity index (χ1) is 11.0. The number of amides is 4. The third-order valence-corrected chi connectivity index (χ3v) is 4.50. The zero-order valence-corrected chi connectivity index (χ0v) is 11.9. The molecule has 3 heterocycles. The topological polar surface area (TPSA) is 95.6 Å². The Balaban J connectivity index is 1.72. The second-order valence-electron chi connectivity index (χ2n) is 5.84. The summed E-state index contributed by atoms with van der Waals surface area (Å²) in [6, 6.07) is 0.839. The van der Waals surface area contributed by atoms with Gasteiger partial charge in [0.2, 0.25) is 11.8 Å². The van der Waals surface area contributed by atoms with E-state index in [-0.39, 0.29) is 43.0 Å². The Morgan fingerprint density at radius 3 is 2.65 bits per heavy atom. The van der Waals surface area contributed by atoms with E-state index in [1.807, 2.05) is 0 Å². The van der Waals surface area contributed by atoms with Crippen LogP contribution in [0.25, 0.3) is 0 Å². The highest BCUT2D eigenvalue weighted by atomic mass is 19.1. The van der Waals surface area contributed by atoms with E-state index in [1.165, 1.54) is 4.90 Å². The molecule has 1 saturated heterocycles. The van der Waals surface area contributed by atoms with E-state index in [0.29, 0.717) is 11.1 Å². The molecule has 0 aliphatic carbocycles. The van der Waals surface area contributed by atoms with Crippen LogP contribution in [0.5, 0.6) is 0 Å². The largest absolute Gasteiger partial charge is 0.348 e. The Hall–Kier alpha value is -2.77. The average molecular weight is 317 g/mol. The molecule has 0 aromatic heterocycles. The molecule has 1 atom stereocenters. The van der Waals surface area contributed by atoms with Crippen molar-refractivity contribution in [1.29, 1.82) is 0 Å². The Morgan fingerprint density at radius 2 is 1.91 bits per heavy atom. The van der Waals surface area contributed by atoms with Crippen LogP contribution < -0.4 is 10.6 Å². The van der Waals surface area contributed by atoms with Crippen molar-refractivity contribution in [3.8, 4) is 0 Å². The van der Waals surface area contributed by atoms with Crippen LogP contribution in [0.4, 0.5) is 4.39 Å². The summed E-state index contributed by atoms with van der Waals surface area (Å²) in [6.45, 7) is 0.323. The molecule has 2 N–H and O–H groups in total. The third-order valence-electron chi connectivity index (χ3n) is 4.50. The first kappa shape index (κ1) is 13.9. The van der Waals surface area contributed by atoms with E-state index in [1.54, 1.807) is 6.07 Å². The number of nitrogens with one attached hydrogen (secondary N) is 2. The maximum absolute atomic E-state index is 14.6. The molecule has 1 aromatic carbocycles. The number of fused-ring (bicyclic) bond motifs is 2. The number of carbonyl (C=O) groups excluding carboxylic acids is 4. The lowest BCUT2D eigenvalue weighted by Crippen LogP contribution is -2.52. The van der Waals surface area contributed by atoms with Crippen molar-refractivity contribution in [2.45, 2.75) is 32.0 Å². The second kappa shape index (κ2) is 4.61. The number of nitrogens with zero attached hydrogens (tertiary/aromatic N) is 1. The SMILES string of the molecule is O=C1CCC(N2Cc3cc4c(c(F)c3C2=O)C(=O)NC4)C(=O)N1. The molecule has 23 heavy (non-hydrogen) atoms. The van der Waals surface area contributed by atoms with Gasteiger partial charge in [-0.25, -0.2) is 4.39 Å². The summed E-state index contributed by atoms with van der Waals surface area (Å²) in [5.74, 6) is -2.90. The van der Waals surface area contributed by atoms with Crippen molar-refractivity contribution < 1.29 is 23.6 Å². The van der Waals surface area contributed by atoms with Gasteiger partial charge in [0.25, 0.3) is 11.8 Å². The maximum atomic E-state index is 14.6. The van der Waals surface area contributed by atoms with Crippen molar-refractivity contribution in [3.63, 3.8) is 0 Å². The summed E-state index contributed by atoms with van der Waals surface area (Å²) in [5, 5.41) is 4.72. The zero-order valence-electron chi connectivity index (χ0n) is 11.9. The second-order valence-corrected chi connectivity index (χ2v) is 5.84. The maximum Gasteiger partial charge on any atom is 0.258 e. The predicted octanol–water partition coefficient (Wildman–Crippen LogP) is -0.170. The molecule has 1 aromatic rings. The Kier molecular flexibility index (Phi) is 2.78. The number of carbonyl (C=O) groups is 4. The lowest BCUT2D eigenvalue weighted by atomic mass is 10.0. The predicted molar refractivity (Wildman–Crippen MR) is 73.6 cm³/mol. The minimum absolute atomic E-state index is 0.0952. The van der Waals surface area contributed by atoms with Crippen LogP contribution >= 0.6 is 0 Å². The van der Waals surface area contributed by atoms with E-state index in [9.17, 15) is 23.6 Å². The number of imide groups is 1. The van der Waals surface area contributed by atoms with E-state index < -0.39 is 29.6 Å². The van der Waals surface area contributed by atoms with Crippen molar-refractivity contribution in [2.75, 3.05) is 0 Å². The first-order valence-corrected chi connectivity index (χ1v) is 7.24. The van der Waals surface area contributed by atoms with Gasteiger partial charge in [-0.3, -0.25) is 24.5 Å². The van der Waals surface area contributed by atoms with Crippen LogP contribution in [0, 0.1) is 5.82 Å². The molecule has 4 rings (SSSR count). The van der Waals surface area contributed by atoms with Gasteiger partial charge in [-0.05, 0) is 17.5 Å². The van der Waals surface area contributed by atoms with Gasteiger partial charge in [0.15, 0.2) is 0 Å². The van der Waals surface area contributed by atoms with Gasteiger partial charge in [-0.2, -0.15) is 0 Å². The van der Waals surface area contributed by atoms with Crippen molar-refractivity contribution in [1.82, 2.24) is 15.5 Å². The van der Waals surface area contributed by atoms with Crippen LogP contribution in [0.1, 0.15) is 44.7 Å². The molecule has 8 heteroatoms. The Labute approximate surface area is 129 Å². The first-order valence-electron chi connectivity index (χ1n) is 7.24. The van der Waals surface area contributed by atoms with Gasteiger partial charge in [0.05, 0.1) is 11.1 Å². The van der Waals surface area contributed by atoms with Crippen molar-refractivity contribution >= 4 is 23.6 Å². The molecule has 1 unspecified atom stereocenters. The van der Waals surface area contributed by atoms with E-state index >= 15 is 0 Å². The van der Waals surface area contributed by atoms with Gasteiger partial charge in [-0.1, -0.05) is 6.07 Å². The standard InChI is InChI=1S/C15H12FN3O4/c16-12-10-6(4-17-14(10)22)3-7-5-19(15(23)11(7)12)8-1-2-9(20)18-13(8)21/h3,8H,1-2,4-5H2,(H,17,22)(H,18,20,21).